The van der Waals surface area contributed by atoms with E-state index in [-0.39, 0.29) is 11.7 Å². The first-order chi connectivity index (χ1) is 11.2. The van der Waals surface area contributed by atoms with E-state index in [1.807, 2.05) is 0 Å². The number of rotatable bonds is 4. The molecule has 0 aliphatic rings. The molecule has 3 rings (SSSR count). The van der Waals surface area contributed by atoms with Crippen molar-refractivity contribution >= 4 is 23.2 Å². The molecule has 7 nitrogen and oxygen atoms in total. The van der Waals surface area contributed by atoms with Gasteiger partial charge >= 0.3 is 0 Å². The number of phenolic OH excluding ortho intramolecular Hbond substituents is 1. The maximum absolute atomic E-state index is 12.1. The second-order valence-electron chi connectivity index (χ2n) is 4.76. The van der Waals surface area contributed by atoms with Crippen molar-refractivity contribution < 1.29 is 14.6 Å². The Morgan fingerprint density at radius 3 is 3.04 bits per heavy atom. The van der Waals surface area contributed by atoms with Gasteiger partial charge in [-0.25, -0.2) is 10.4 Å². The molecule has 0 aliphatic carbocycles. The first kappa shape index (κ1) is 14.6. The summed E-state index contributed by atoms with van der Waals surface area (Å²) in [7, 11) is 1.46. The minimum atomic E-state index is -0.330. The Kier molecular flexibility index (Phi) is 3.92. The second kappa shape index (κ2) is 6.18. The molecule has 0 saturated heterocycles. The molecule has 0 bridgehead atoms. The van der Waals surface area contributed by atoms with E-state index in [1.165, 1.54) is 19.4 Å². The molecule has 1 amide bonds. The van der Waals surface area contributed by atoms with Crippen LogP contribution in [0.2, 0.25) is 0 Å². The molecule has 1 aromatic heterocycles. The fraction of sp³-hybridized carbons (Fsp3) is 0.0625. The van der Waals surface area contributed by atoms with Crippen LogP contribution in [-0.4, -0.2) is 34.3 Å². The van der Waals surface area contributed by atoms with Crippen molar-refractivity contribution in [2.24, 2.45) is 5.10 Å². The largest absolute Gasteiger partial charge is 0.504 e. The molecular weight excluding hydrogens is 296 g/mol. The predicted octanol–water partition coefficient (Wildman–Crippen LogP) is 2.04. The third kappa shape index (κ3) is 3.13. The van der Waals surface area contributed by atoms with Crippen molar-refractivity contribution in [1.82, 2.24) is 15.4 Å². The number of benzene rings is 2. The highest BCUT2D eigenvalue weighted by molar-refractivity contribution is 5.97. The first-order valence-electron chi connectivity index (χ1n) is 6.81. The smallest absolute Gasteiger partial charge is 0.271 e. The molecular formula is C16H14N4O3. The Morgan fingerprint density at radius 2 is 2.22 bits per heavy atom. The van der Waals surface area contributed by atoms with Gasteiger partial charge in [0.15, 0.2) is 11.5 Å². The maximum Gasteiger partial charge on any atom is 0.271 e. The second-order valence-corrected chi connectivity index (χ2v) is 4.76. The van der Waals surface area contributed by atoms with Gasteiger partial charge in [-0.3, -0.25) is 4.79 Å². The number of H-pyrrole nitrogens is 1. The molecule has 2 aromatic carbocycles. The molecule has 0 unspecified atom stereocenters. The van der Waals surface area contributed by atoms with Gasteiger partial charge in [0.1, 0.15) is 0 Å². The molecule has 0 aliphatic heterocycles. The lowest BCUT2D eigenvalue weighted by atomic mass is 10.2. The topological polar surface area (TPSA) is 99.6 Å². The number of nitrogens with one attached hydrogen (secondary N) is 2. The lowest BCUT2D eigenvalue weighted by molar-refractivity contribution is 0.0955. The fourth-order valence-electron chi connectivity index (χ4n) is 2.08. The van der Waals surface area contributed by atoms with E-state index in [9.17, 15) is 9.90 Å². The SMILES string of the molecule is COc1cc(C=NNC(=O)c2ccc3nc[nH]c3c2)ccc1O. The summed E-state index contributed by atoms with van der Waals surface area (Å²) in [4.78, 5) is 19.1. The highest BCUT2D eigenvalue weighted by atomic mass is 16.5. The number of aromatic nitrogens is 2. The number of amides is 1. The molecule has 0 radical (unpaired) electrons. The number of nitrogens with zero attached hydrogens (tertiary/aromatic N) is 2. The molecule has 0 atom stereocenters. The number of carbonyl (C=O) groups excluding carboxylic acids is 1. The summed E-state index contributed by atoms with van der Waals surface area (Å²) in [5.41, 5.74) is 5.18. The quantitative estimate of drug-likeness (QED) is 0.507. The number of methoxy groups -OCH3 is 1. The molecule has 3 aromatic rings. The molecule has 3 N–H and O–H groups in total. The third-order valence-electron chi connectivity index (χ3n) is 3.27. The standard InChI is InChI=1S/C16H14N4O3/c1-23-15-6-10(2-5-14(15)21)8-19-20-16(22)11-3-4-12-13(7-11)18-9-17-12/h2-9,21H,1H3,(H,17,18)(H,20,22). The zero-order valence-corrected chi connectivity index (χ0v) is 12.3. The Bertz CT molecular complexity index is 886. The lowest BCUT2D eigenvalue weighted by Crippen LogP contribution is -2.17. The zero-order chi connectivity index (χ0) is 16.2. The minimum Gasteiger partial charge on any atom is -0.504 e. The van der Waals surface area contributed by atoms with Crippen molar-refractivity contribution in [3.8, 4) is 11.5 Å². The van der Waals surface area contributed by atoms with Crippen LogP contribution >= 0.6 is 0 Å². The number of carbonyl (C=O) groups is 1. The van der Waals surface area contributed by atoms with Gasteiger partial charge in [0.05, 0.1) is 30.7 Å². The average Bonchev–Trinajstić information content (AvgIpc) is 3.03. The molecule has 7 heteroatoms. The van der Waals surface area contributed by atoms with Gasteiger partial charge in [0, 0.05) is 5.56 Å². The van der Waals surface area contributed by atoms with Crippen LogP contribution in [0.25, 0.3) is 11.0 Å². The van der Waals surface area contributed by atoms with Crippen molar-refractivity contribution in [3.05, 3.63) is 53.9 Å². The normalized spacial score (nSPS) is 11.0. The van der Waals surface area contributed by atoms with E-state index in [4.69, 9.17) is 4.74 Å². The van der Waals surface area contributed by atoms with Gasteiger partial charge in [-0.15, -0.1) is 0 Å². The van der Waals surface area contributed by atoms with Crippen LogP contribution in [0.1, 0.15) is 15.9 Å². The van der Waals surface area contributed by atoms with E-state index < -0.39 is 0 Å². The molecule has 0 fully saturated rings. The maximum atomic E-state index is 12.1. The summed E-state index contributed by atoms with van der Waals surface area (Å²) in [6.07, 6.45) is 3.04. The van der Waals surface area contributed by atoms with Crippen LogP contribution in [0, 0.1) is 0 Å². The van der Waals surface area contributed by atoms with Gasteiger partial charge < -0.3 is 14.8 Å². The van der Waals surface area contributed by atoms with Crippen molar-refractivity contribution in [2.75, 3.05) is 7.11 Å². The molecule has 116 valence electrons. The zero-order valence-electron chi connectivity index (χ0n) is 12.3. The van der Waals surface area contributed by atoms with Crippen molar-refractivity contribution in [3.63, 3.8) is 0 Å². The van der Waals surface area contributed by atoms with Gasteiger partial charge in [0.2, 0.25) is 0 Å². The molecule has 0 spiro atoms. The highest BCUT2D eigenvalue weighted by Gasteiger charge is 2.06. The summed E-state index contributed by atoms with van der Waals surface area (Å²) >= 11 is 0. The van der Waals surface area contributed by atoms with E-state index in [2.05, 4.69) is 20.5 Å². The Hall–Kier alpha value is -3.35. The van der Waals surface area contributed by atoms with Crippen molar-refractivity contribution in [2.45, 2.75) is 0 Å². The van der Waals surface area contributed by atoms with Crippen molar-refractivity contribution in [1.29, 1.82) is 0 Å². The molecule has 23 heavy (non-hydrogen) atoms. The van der Waals surface area contributed by atoms with Crippen LogP contribution in [0.5, 0.6) is 11.5 Å². The third-order valence-corrected chi connectivity index (χ3v) is 3.27. The number of aromatic amines is 1. The van der Waals surface area contributed by atoms with Crippen LogP contribution in [-0.2, 0) is 0 Å². The van der Waals surface area contributed by atoms with Crippen LogP contribution < -0.4 is 10.2 Å². The minimum absolute atomic E-state index is 0.0431. The van der Waals surface area contributed by atoms with E-state index in [0.29, 0.717) is 16.9 Å². The number of hydrogen-bond donors (Lipinski definition) is 3. The predicted molar refractivity (Wildman–Crippen MR) is 85.8 cm³/mol. The first-order valence-corrected chi connectivity index (χ1v) is 6.81. The van der Waals surface area contributed by atoms with Crippen LogP contribution in [0.4, 0.5) is 0 Å². The number of fused-ring (bicyclic) bond motifs is 1. The number of imidazole rings is 1. The average molecular weight is 310 g/mol. The summed E-state index contributed by atoms with van der Waals surface area (Å²) in [5, 5.41) is 13.4. The van der Waals surface area contributed by atoms with Crippen LogP contribution in [0.3, 0.4) is 0 Å². The Labute approximate surface area is 131 Å². The summed E-state index contributed by atoms with van der Waals surface area (Å²) in [6, 6.07) is 9.91. The number of phenols is 1. The monoisotopic (exact) mass is 310 g/mol. The van der Waals surface area contributed by atoms with Gasteiger partial charge in [-0.2, -0.15) is 5.10 Å². The number of aromatic hydroxyl groups is 1. The summed E-state index contributed by atoms with van der Waals surface area (Å²) in [5.74, 6) is 0.0509. The van der Waals surface area contributed by atoms with Gasteiger partial charge in [-0.05, 0) is 42.0 Å². The Balaban J connectivity index is 1.70. The number of ether oxygens (including phenoxy) is 1. The van der Waals surface area contributed by atoms with Crippen LogP contribution in [0.15, 0.2) is 47.8 Å². The van der Waals surface area contributed by atoms with E-state index in [0.717, 1.165) is 11.0 Å². The number of hydrogen-bond acceptors (Lipinski definition) is 5. The van der Waals surface area contributed by atoms with E-state index in [1.54, 1.807) is 36.7 Å². The van der Waals surface area contributed by atoms with E-state index >= 15 is 0 Å². The molecule has 0 saturated carbocycles. The summed E-state index contributed by atoms with van der Waals surface area (Å²) < 4.78 is 5.01. The van der Waals surface area contributed by atoms with Gasteiger partial charge in [0.25, 0.3) is 5.91 Å². The Morgan fingerprint density at radius 1 is 1.35 bits per heavy atom. The fourth-order valence-corrected chi connectivity index (χ4v) is 2.08. The van der Waals surface area contributed by atoms with Gasteiger partial charge in [-0.1, -0.05) is 0 Å². The highest BCUT2D eigenvalue weighted by Crippen LogP contribution is 2.25. The summed E-state index contributed by atoms with van der Waals surface area (Å²) in [6.45, 7) is 0. The lowest BCUT2D eigenvalue weighted by Gasteiger charge is -2.03. The number of hydrazone groups is 1. The molecule has 1 heterocycles.